The Hall–Kier alpha value is -0.380. The molecule has 0 aromatic rings. The molecule has 0 amide bonds. The molecule has 0 heterocycles. The van der Waals surface area contributed by atoms with Crippen LogP contribution in [-0.2, 0) is 15.5 Å². The molecule has 0 N–H and O–H groups in total. The summed E-state index contributed by atoms with van der Waals surface area (Å²) < 4.78 is 19.9. The Morgan fingerprint density at radius 3 is 2.00 bits per heavy atom. The SMILES string of the molecule is CC(C)C(=O)C[SH](=O)=O. The van der Waals surface area contributed by atoms with Crippen molar-refractivity contribution >= 4 is 16.5 Å². The second kappa shape index (κ2) is 3.61. The summed E-state index contributed by atoms with van der Waals surface area (Å²) in [7, 11) is -2.52. The molecule has 0 aliphatic heterocycles. The molecule has 3 nitrogen and oxygen atoms in total. The monoisotopic (exact) mass is 150 g/mol. The molecule has 0 bridgehead atoms. The lowest BCUT2D eigenvalue weighted by Crippen LogP contribution is -2.12. The van der Waals surface area contributed by atoms with E-state index in [0.717, 1.165) is 0 Å². The lowest BCUT2D eigenvalue weighted by Gasteiger charge is -1.95. The molecule has 0 atom stereocenters. The van der Waals surface area contributed by atoms with Crippen molar-refractivity contribution in [1.29, 1.82) is 0 Å². The molecule has 0 aliphatic carbocycles. The topological polar surface area (TPSA) is 51.2 Å². The van der Waals surface area contributed by atoms with E-state index in [0.29, 0.717) is 0 Å². The lowest BCUT2D eigenvalue weighted by molar-refractivity contribution is -0.119. The molecule has 0 spiro atoms. The predicted octanol–water partition coefficient (Wildman–Crippen LogP) is -0.177. The van der Waals surface area contributed by atoms with Gasteiger partial charge in [0.1, 0.15) is 22.2 Å². The van der Waals surface area contributed by atoms with E-state index in [9.17, 15) is 13.2 Å². The smallest absolute Gasteiger partial charge is 0.150 e. The highest BCUT2D eigenvalue weighted by Gasteiger charge is 2.06. The minimum Gasteiger partial charge on any atom is -0.298 e. The van der Waals surface area contributed by atoms with Crippen LogP contribution in [0, 0.1) is 5.92 Å². The number of rotatable bonds is 3. The Labute approximate surface area is 56.0 Å². The maximum atomic E-state index is 10.6. The summed E-state index contributed by atoms with van der Waals surface area (Å²) in [5.74, 6) is -0.698. The molecule has 0 saturated heterocycles. The Morgan fingerprint density at radius 2 is 1.89 bits per heavy atom. The molecule has 0 saturated carbocycles. The first-order valence-electron chi connectivity index (χ1n) is 2.68. The van der Waals surface area contributed by atoms with Crippen molar-refractivity contribution < 1.29 is 13.2 Å². The normalized spacial score (nSPS) is 10.7. The number of hydrogen-bond donors (Lipinski definition) is 1. The molecular weight excluding hydrogens is 140 g/mol. The van der Waals surface area contributed by atoms with Crippen molar-refractivity contribution in [2.45, 2.75) is 13.8 Å². The molecule has 0 aliphatic rings. The highest BCUT2D eigenvalue weighted by atomic mass is 32.2. The first kappa shape index (κ1) is 8.62. The molecule has 4 heteroatoms. The van der Waals surface area contributed by atoms with E-state index in [1.807, 2.05) is 0 Å². The van der Waals surface area contributed by atoms with Crippen LogP contribution < -0.4 is 0 Å². The maximum absolute atomic E-state index is 10.6. The van der Waals surface area contributed by atoms with Crippen molar-refractivity contribution in [3.05, 3.63) is 0 Å². The fraction of sp³-hybridized carbons (Fsp3) is 0.800. The fourth-order valence-electron chi connectivity index (χ4n) is 0.310. The third kappa shape index (κ3) is 4.14. The minimum absolute atomic E-state index is 0.169. The Bertz CT molecular complexity index is 161. The highest BCUT2D eigenvalue weighted by molar-refractivity contribution is 7.73. The van der Waals surface area contributed by atoms with Crippen LogP contribution in [0.1, 0.15) is 13.8 Å². The summed E-state index contributed by atoms with van der Waals surface area (Å²) >= 11 is 0. The van der Waals surface area contributed by atoms with Crippen molar-refractivity contribution in [2.24, 2.45) is 5.92 Å². The molecule has 0 aromatic heterocycles. The second-order valence-corrected chi connectivity index (χ2v) is 3.09. The fourth-order valence-corrected chi connectivity index (χ4v) is 0.929. The number of carbonyl (C=O) groups excluding carboxylic acids is 1. The van der Waals surface area contributed by atoms with Gasteiger partial charge in [-0.3, -0.25) is 4.79 Å². The first-order chi connectivity index (χ1) is 4.04. The quantitative estimate of drug-likeness (QED) is 0.568. The highest BCUT2D eigenvalue weighted by Crippen LogP contribution is 1.92. The van der Waals surface area contributed by atoms with Crippen LogP contribution in [0.3, 0.4) is 0 Å². The zero-order valence-corrected chi connectivity index (χ0v) is 6.35. The van der Waals surface area contributed by atoms with Crippen LogP contribution in [0.5, 0.6) is 0 Å². The van der Waals surface area contributed by atoms with Gasteiger partial charge >= 0.3 is 0 Å². The van der Waals surface area contributed by atoms with Gasteiger partial charge in [-0.25, -0.2) is 8.42 Å². The Balaban J connectivity index is 3.79. The van der Waals surface area contributed by atoms with Crippen molar-refractivity contribution in [2.75, 3.05) is 5.75 Å². The Kier molecular flexibility index (Phi) is 3.46. The van der Waals surface area contributed by atoms with E-state index in [1.54, 1.807) is 13.8 Å². The van der Waals surface area contributed by atoms with Crippen LogP contribution in [0.15, 0.2) is 0 Å². The van der Waals surface area contributed by atoms with E-state index in [4.69, 9.17) is 0 Å². The van der Waals surface area contributed by atoms with Gasteiger partial charge in [0.2, 0.25) is 0 Å². The average molecular weight is 150 g/mol. The lowest BCUT2D eigenvalue weighted by atomic mass is 10.1. The van der Waals surface area contributed by atoms with Crippen LogP contribution in [0.2, 0.25) is 0 Å². The molecule has 9 heavy (non-hydrogen) atoms. The average Bonchev–Trinajstić information content (AvgIpc) is 1.63. The van der Waals surface area contributed by atoms with Gasteiger partial charge in [0.25, 0.3) is 0 Å². The molecule has 0 fully saturated rings. The standard InChI is InChI=1S/C5H10O3S/c1-4(2)5(6)3-9(7)8/h4,9H,3H2,1-2H3. The molecule has 0 unspecified atom stereocenters. The summed E-state index contributed by atoms with van der Waals surface area (Å²) in [6.45, 7) is 3.36. The molecule has 0 radical (unpaired) electrons. The number of hydrogen-bond acceptors (Lipinski definition) is 3. The zero-order chi connectivity index (χ0) is 7.44. The van der Waals surface area contributed by atoms with Crippen LogP contribution in [-0.4, -0.2) is 20.0 Å². The summed E-state index contributed by atoms with van der Waals surface area (Å²) in [4.78, 5) is 10.6. The summed E-state index contributed by atoms with van der Waals surface area (Å²) in [6, 6.07) is 0. The van der Waals surface area contributed by atoms with Gasteiger partial charge in [-0.05, 0) is 0 Å². The van der Waals surface area contributed by atoms with Crippen LogP contribution in [0.25, 0.3) is 0 Å². The van der Waals surface area contributed by atoms with Crippen molar-refractivity contribution in [3.8, 4) is 0 Å². The number of ketones is 1. The molecule has 54 valence electrons. The van der Waals surface area contributed by atoms with Gasteiger partial charge < -0.3 is 0 Å². The zero-order valence-electron chi connectivity index (χ0n) is 5.46. The molecular formula is C5H10O3S. The maximum Gasteiger partial charge on any atom is 0.150 e. The van der Waals surface area contributed by atoms with Gasteiger partial charge in [0.15, 0.2) is 0 Å². The first-order valence-corrected chi connectivity index (χ1v) is 4.05. The van der Waals surface area contributed by atoms with Gasteiger partial charge in [-0.1, -0.05) is 13.8 Å². The van der Waals surface area contributed by atoms with Crippen molar-refractivity contribution in [1.82, 2.24) is 0 Å². The largest absolute Gasteiger partial charge is 0.298 e. The number of Topliss-reactive ketones (excluding diaryl/α,β-unsaturated/α-hetero) is 1. The van der Waals surface area contributed by atoms with Crippen molar-refractivity contribution in [3.63, 3.8) is 0 Å². The summed E-state index contributed by atoms with van der Waals surface area (Å²) in [6.07, 6.45) is 0. The van der Waals surface area contributed by atoms with E-state index in [-0.39, 0.29) is 17.5 Å². The number of carbonyl (C=O) groups is 1. The Morgan fingerprint density at radius 1 is 1.44 bits per heavy atom. The van der Waals surface area contributed by atoms with Gasteiger partial charge in [0.05, 0.1) is 0 Å². The number of thiol groups is 1. The van der Waals surface area contributed by atoms with E-state index < -0.39 is 10.7 Å². The third-order valence-corrected chi connectivity index (χ3v) is 1.50. The van der Waals surface area contributed by atoms with Gasteiger partial charge in [0, 0.05) is 5.92 Å². The van der Waals surface area contributed by atoms with E-state index in [2.05, 4.69) is 0 Å². The molecule has 0 rings (SSSR count). The van der Waals surface area contributed by atoms with Gasteiger partial charge in [-0.2, -0.15) is 0 Å². The van der Waals surface area contributed by atoms with E-state index in [1.165, 1.54) is 0 Å². The second-order valence-electron chi connectivity index (χ2n) is 2.11. The summed E-state index contributed by atoms with van der Waals surface area (Å²) in [5, 5.41) is 0. The van der Waals surface area contributed by atoms with E-state index >= 15 is 0 Å². The summed E-state index contributed by atoms with van der Waals surface area (Å²) in [5.41, 5.74) is 0. The minimum atomic E-state index is -2.52. The van der Waals surface area contributed by atoms with Gasteiger partial charge in [-0.15, -0.1) is 0 Å². The third-order valence-electron chi connectivity index (χ3n) is 0.929. The van der Waals surface area contributed by atoms with Crippen LogP contribution >= 0.6 is 0 Å². The molecule has 0 aromatic carbocycles. The predicted molar refractivity (Wildman–Crippen MR) is 35.0 cm³/mol. The van der Waals surface area contributed by atoms with Crippen LogP contribution in [0.4, 0.5) is 0 Å².